The summed E-state index contributed by atoms with van der Waals surface area (Å²) in [5.41, 5.74) is 16.0. The molecule has 0 radical (unpaired) electrons. The SMILES string of the molecule is C=C/C=C(\C=C)N(c1ccc2c(c1)Oc1ccc3c4c(ccc-2c14)Oc1cc(N(/C=C/C=C(/C#N)C(=C)c2ccccc2)c2ccccc2)ccc1-3)c1ccc2c(c1)C(C)(C)c1ccccc1-2. The number of para-hydroxylation sites is 1. The van der Waals surface area contributed by atoms with Crippen LogP contribution in [0.5, 0.6) is 23.0 Å². The van der Waals surface area contributed by atoms with E-state index < -0.39 is 0 Å². The van der Waals surface area contributed by atoms with Crippen LogP contribution in [-0.4, -0.2) is 0 Å². The lowest BCUT2D eigenvalue weighted by molar-refractivity contribution is 0.480. The Morgan fingerprint density at radius 3 is 1.75 bits per heavy atom. The molecular formula is C62H45N3O2. The zero-order chi connectivity index (χ0) is 45.8. The lowest BCUT2D eigenvalue weighted by Crippen LogP contribution is -2.18. The van der Waals surface area contributed by atoms with Crippen LogP contribution in [0.2, 0.25) is 0 Å². The highest BCUT2D eigenvalue weighted by Crippen LogP contribution is 2.57. The summed E-state index contributed by atoms with van der Waals surface area (Å²) in [7, 11) is 0. The van der Waals surface area contributed by atoms with Crippen LogP contribution >= 0.6 is 0 Å². The molecule has 0 aromatic heterocycles. The molecule has 0 bridgehead atoms. The number of nitrogens with zero attached hydrogens (tertiary/aromatic N) is 3. The second-order valence-corrected chi connectivity index (χ2v) is 17.4. The minimum atomic E-state index is -0.153. The largest absolute Gasteiger partial charge is 0.456 e. The van der Waals surface area contributed by atoms with Gasteiger partial charge < -0.3 is 19.3 Å². The molecule has 2 heterocycles. The quantitative estimate of drug-likeness (QED) is 0.0958. The van der Waals surface area contributed by atoms with Crippen molar-refractivity contribution in [2.24, 2.45) is 0 Å². The van der Waals surface area contributed by atoms with Crippen LogP contribution in [0.3, 0.4) is 0 Å². The van der Waals surface area contributed by atoms with Crippen molar-refractivity contribution < 1.29 is 9.47 Å². The van der Waals surface area contributed by atoms with Gasteiger partial charge in [0.05, 0.1) is 11.6 Å². The first-order valence-corrected chi connectivity index (χ1v) is 22.4. The van der Waals surface area contributed by atoms with Crippen LogP contribution < -0.4 is 19.3 Å². The van der Waals surface area contributed by atoms with Crippen molar-refractivity contribution in [1.29, 1.82) is 5.26 Å². The first-order valence-electron chi connectivity index (χ1n) is 22.4. The van der Waals surface area contributed by atoms with Crippen molar-refractivity contribution >= 4 is 39.1 Å². The predicted molar refractivity (Wildman–Crippen MR) is 276 cm³/mol. The Balaban J connectivity index is 0.947. The molecule has 0 atom stereocenters. The number of anilines is 4. The fourth-order valence-electron chi connectivity index (χ4n) is 9.98. The summed E-state index contributed by atoms with van der Waals surface area (Å²) in [5.74, 6) is 3.06. The Labute approximate surface area is 391 Å². The number of hydrogen-bond donors (Lipinski definition) is 0. The summed E-state index contributed by atoms with van der Waals surface area (Å²) in [6.07, 6.45) is 11.3. The van der Waals surface area contributed by atoms with Crippen LogP contribution in [0.25, 0.3) is 49.7 Å². The van der Waals surface area contributed by atoms with Crippen LogP contribution in [0.15, 0.2) is 231 Å². The lowest BCUT2D eigenvalue weighted by Gasteiger charge is -2.31. The van der Waals surface area contributed by atoms with E-state index in [1.807, 2.05) is 73.0 Å². The maximum Gasteiger partial charge on any atom is 0.137 e. The van der Waals surface area contributed by atoms with Gasteiger partial charge in [0.25, 0.3) is 0 Å². The Bertz CT molecular complexity index is 3510. The van der Waals surface area contributed by atoms with E-state index in [1.54, 1.807) is 12.2 Å². The standard InChI is InChI=1S/C62H45N3O2/c1-6-17-43(7-2)65(46-26-28-49-48-23-14-15-24-54(48)62(4,5)55(49)36-46)47-27-30-51-53-32-33-56-60-52(31-34-57(61(53)60)67-59(51)38-47)50-29-25-45(37-58(50)66-56)64(44-21-12-9-13-22-44)35-16-20-42(39-63)40(3)41-18-10-8-11-19-41/h6-38H,1-3H2,4-5H3/b35-16+,42-20-,43-17+. The molecule has 2 aliphatic heterocycles. The van der Waals surface area contributed by atoms with E-state index in [-0.39, 0.29) is 5.41 Å². The molecule has 5 nitrogen and oxygen atoms in total. The van der Waals surface area contributed by atoms with E-state index in [2.05, 4.69) is 165 Å². The predicted octanol–water partition coefficient (Wildman–Crippen LogP) is 16.9. The van der Waals surface area contributed by atoms with Crippen molar-refractivity contribution in [2.75, 3.05) is 9.80 Å². The Morgan fingerprint density at radius 2 is 1.10 bits per heavy atom. The maximum atomic E-state index is 10.0. The fraction of sp³-hybridized carbons (Fsp3) is 0.0484. The minimum Gasteiger partial charge on any atom is -0.456 e. The van der Waals surface area contributed by atoms with Gasteiger partial charge in [-0.1, -0.05) is 119 Å². The summed E-state index contributed by atoms with van der Waals surface area (Å²) in [5, 5.41) is 12.1. The van der Waals surface area contributed by atoms with Crippen molar-refractivity contribution in [3.63, 3.8) is 0 Å². The molecule has 5 heteroatoms. The van der Waals surface area contributed by atoms with Gasteiger partial charge in [0.2, 0.25) is 0 Å². The number of ether oxygens (including phenoxy) is 2. The third kappa shape index (κ3) is 6.78. The van der Waals surface area contributed by atoms with Gasteiger partial charge in [-0.05, 0) is 142 Å². The van der Waals surface area contributed by atoms with Gasteiger partial charge in [-0.25, -0.2) is 0 Å². The number of nitriles is 1. The maximum absolute atomic E-state index is 10.0. The number of benzene rings is 8. The van der Waals surface area contributed by atoms with Crippen molar-refractivity contribution in [3.8, 4) is 62.4 Å². The van der Waals surface area contributed by atoms with Crippen LogP contribution in [0.4, 0.5) is 22.7 Å². The summed E-state index contributed by atoms with van der Waals surface area (Å²) < 4.78 is 13.7. The van der Waals surface area contributed by atoms with Gasteiger partial charge in [-0.2, -0.15) is 5.26 Å². The molecule has 0 saturated carbocycles. The molecule has 320 valence electrons. The third-order valence-electron chi connectivity index (χ3n) is 13.3. The molecule has 11 rings (SSSR count). The highest BCUT2D eigenvalue weighted by molar-refractivity contribution is 6.14. The summed E-state index contributed by atoms with van der Waals surface area (Å²) >= 11 is 0. The van der Waals surface area contributed by atoms with Gasteiger partial charge in [-0.15, -0.1) is 0 Å². The number of fused-ring (bicyclic) bond motifs is 7. The number of rotatable bonds is 11. The zero-order valence-corrected chi connectivity index (χ0v) is 37.3. The molecule has 0 unspecified atom stereocenters. The highest BCUT2D eigenvalue weighted by Gasteiger charge is 2.36. The van der Waals surface area contributed by atoms with Gasteiger partial charge in [0, 0.05) is 74.1 Å². The molecule has 0 fully saturated rings. The topological polar surface area (TPSA) is 48.7 Å². The van der Waals surface area contributed by atoms with E-state index in [1.165, 1.54) is 22.3 Å². The van der Waals surface area contributed by atoms with Crippen molar-refractivity contribution in [2.45, 2.75) is 19.3 Å². The molecule has 3 aliphatic rings. The molecule has 0 N–H and O–H groups in total. The summed E-state index contributed by atoms with van der Waals surface area (Å²) in [6.45, 7) is 17.1. The van der Waals surface area contributed by atoms with Gasteiger partial charge in [-0.3, -0.25) is 0 Å². The highest BCUT2D eigenvalue weighted by atomic mass is 16.5. The van der Waals surface area contributed by atoms with E-state index in [9.17, 15) is 5.26 Å². The first-order chi connectivity index (χ1) is 32.8. The second kappa shape index (κ2) is 16.3. The minimum absolute atomic E-state index is 0.153. The van der Waals surface area contributed by atoms with Crippen LogP contribution in [0.1, 0.15) is 30.5 Å². The van der Waals surface area contributed by atoms with Crippen LogP contribution in [0, 0.1) is 11.3 Å². The summed E-state index contributed by atoms with van der Waals surface area (Å²) in [4.78, 5) is 4.32. The Morgan fingerprint density at radius 1 is 0.552 bits per heavy atom. The average Bonchev–Trinajstić information content (AvgIpc) is 3.60. The molecule has 8 aromatic rings. The van der Waals surface area contributed by atoms with Gasteiger partial charge >= 0.3 is 0 Å². The second-order valence-electron chi connectivity index (χ2n) is 17.4. The smallest absolute Gasteiger partial charge is 0.137 e. The Hall–Kier alpha value is -8.85. The fourth-order valence-corrected chi connectivity index (χ4v) is 9.98. The average molecular weight is 864 g/mol. The molecule has 8 aromatic carbocycles. The monoisotopic (exact) mass is 863 g/mol. The van der Waals surface area contributed by atoms with E-state index in [0.29, 0.717) is 11.1 Å². The number of hydrogen-bond acceptors (Lipinski definition) is 5. The van der Waals surface area contributed by atoms with Crippen molar-refractivity contribution in [3.05, 3.63) is 248 Å². The van der Waals surface area contributed by atoms with Crippen molar-refractivity contribution in [1.82, 2.24) is 0 Å². The number of allylic oxidation sites excluding steroid dienone is 7. The molecule has 1 aliphatic carbocycles. The van der Waals surface area contributed by atoms with E-state index in [4.69, 9.17) is 9.47 Å². The van der Waals surface area contributed by atoms with Crippen LogP contribution in [-0.2, 0) is 5.41 Å². The lowest BCUT2D eigenvalue weighted by atomic mass is 9.82. The first kappa shape index (κ1) is 40.9. The molecule has 0 saturated heterocycles. The molecule has 0 spiro atoms. The Kier molecular flexibility index (Phi) is 9.95. The van der Waals surface area contributed by atoms with E-state index in [0.717, 1.165) is 90.0 Å². The molecular weight excluding hydrogens is 819 g/mol. The third-order valence-corrected chi connectivity index (χ3v) is 13.3. The zero-order valence-electron chi connectivity index (χ0n) is 37.3. The van der Waals surface area contributed by atoms with Gasteiger partial charge in [0.15, 0.2) is 0 Å². The van der Waals surface area contributed by atoms with E-state index >= 15 is 0 Å². The summed E-state index contributed by atoms with van der Waals surface area (Å²) in [6, 6.07) is 58.9. The molecule has 67 heavy (non-hydrogen) atoms. The molecule has 0 amide bonds. The normalized spacial score (nSPS) is 13.6. The van der Waals surface area contributed by atoms with Gasteiger partial charge in [0.1, 0.15) is 23.0 Å².